The molecule has 0 radical (unpaired) electrons. The summed E-state index contributed by atoms with van der Waals surface area (Å²) >= 11 is 11.4. The van der Waals surface area contributed by atoms with Crippen LogP contribution in [0, 0.1) is 11.3 Å². The molecule has 0 spiro atoms. The summed E-state index contributed by atoms with van der Waals surface area (Å²) in [6.07, 6.45) is -4.95. The van der Waals surface area contributed by atoms with Crippen LogP contribution in [-0.4, -0.2) is 18.6 Å². The van der Waals surface area contributed by atoms with E-state index in [0.717, 1.165) is 0 Å². The van der Waals surface area contributed by atoms with Crippen molar-refractivity contribution in [2.24, 2.45) is 10.2 Å². The van der Waals surface area contributed by atoms with Gasteiger partial charge in [-0.25, -0.2) is 0 Å². The van der Waals surface area contributed by atoms with Crippen molar-refractivity contribution in [3.63, 3.8) is 0 Å². The Bertz CT molecular complexity index is 634. The Labute approximate surface area is 139 Å². The number of nitrogens with zero attached hydrogens (tertiary/aromatic N) is 3. The minimum Gasteiger partial charge on any atom is -0.466 e. The predicted octanol–water partition coefficient (Wildman–Crippen LogP) is 4.94. The van der Waals surface area contributed by atoms with Gasteiger partial charge in [-0.2, -0.15) is 28.7 Å². The van der Waals surface area contributed by atoms with Crippen LogP contribution in [0.3, 0.4) is 0 Å². The van der Waals surface area contributed by atoms with Crippen molar-refractivity contribution in [3.05, 3.63) is 27.7 Å². The highest BCUT2D eigenvalue weighted by atomic mass is 35.5. The smallest absolute Gasteiger partial charge is 0.416 e. The van der Waals surface area contributed by atoms with Crippen LogP contribution in [0.4, 0.5) is 18.9 Å². The van der Waals surface area contributed by atoms with E-state index in [0.29, 0.717) is 12.1 Å². The monoisotopic (exact) mass is 367 g/mol. The summed E-state index contributed by atoms with van der Waals surface area (Å²) in [5.41, 5.74) is -1.25. The van der Waals surface area contributed by atoms with E-state index in [-0.39, 0.29) is 28.8 Å². The topological polar surface area (TPSA) is 74.8 Å². The zero-order chi connectivity index (χ0) is 17.6. The van der Waals surface area contributed by atoms with Gasteiger partial charge >= 0.3 is 12.1 Å². The Morgan fingerprint density at radius 2 is 1.96 bits per heavy atom. The molecule has 0 amide bonds. The molecule has 1 unspecified atom stereocenters. The number of alkyl halides is 3. The maximum absolute atomic E-state index is 12.6. The van der Waals surface area contributed by atoms with E-state index in [2.05, 4.69) is 15.0 Å². The number of rotatable bonds is 5. The lowest BCUT2D eigenvalue weighted by molar-refractivity contribution is -0.143. The number of carbonyl (C=O) groups is 1. The molecule has 0 saturated carbocycles. The number of esters is 1. The molecule has 0 N–H and O–H groups in total. The van der Waals surface area contributed by atoms with Gasteiger partial charge in [-0.05, 0) is 19.1 Å². The van der Waals surface area contributed by atoms with E-state index >= 15 is 0 Å². The van der Waals surface area contributed by atoms with Gasteiger partial charge in [0.25, 0.3) is 0 Å². The van der Waals surface area contributed by atoms with Crippen LogP contribution in [0.2, 0.25) is 10.0 Å². The average Bonchev–Trinajstić information content (AvgIpc) is 2.44. The van der Waals surface area contributed by atoms with E-state index in [1.165, 1.54) is 0 Å². The SMILES string of the molecule is CCOC(=O)CC(C#N)N=Nc1c(Cl)cc(C(F)(F)F)cc1Cl. The molecule has 1 atom stereocenters. The first-order valence-corrected chi connectivity index (χ1v) is 6.97. The first kappa shape index (κ1) is 19.2. The molecule has 0 aliphatic carbocycles. The first-order chi connectivity index (χ1) is 10.7. The fourth-order valence-electron chi connectivity index (χ4n) is 1.44. The predicted molar refractivity (Wildman–Crippen MR) is 76.6 cm³/mol. The summed E-state index contributed by atoms with van der Waals surface area (Å²) in [5.74, 6) is -0.650. The molecule has 1 rings (SSSR count). The van der Waals surface area contributed by atoms with E-state index in [9.17, 15) is 18.0 Å². The normalized spacial score (nSPS) is 12.9. The van der Waals surface area contributed by atoms with Crippen molar-refractivity contribution in [1.29, 1.82) is 5.26 Å². The van der Waals surface area contributed by atoms with Crippen LogP contribution >= 0.6 is 23.2 Å². The molecule has 1 aromatic rings. The second kappa shape index (κ2) is 8.13. The standard InChI is InChI=1S/C13H10Cl2F3N3O2/c1-2-23-11(22)5-8(6-19)20-21-12-9(14)3-7(4-10(12)15)13(16,17)18/h3-4,8H,2,5H2,1H3. The molecule has 124 valence electrons. The zero-order valence-electron chi connectivity index (χ0n) is 11.7. The third-order valence-corrected chi connectivity index (χ3v) is 3.03. The number of ether oxygens (including phenoxy) is 1. The van der Waals surface area contributed by atoms with Crippen LogP contribution < -0.4 is 0 Å². The van der Waals surface area contributed by atoms with E-state index in [1.54, 1.807) is 13.0 Å². The van der Waals surface area contributed by atoms with Gasteiger partial charge in [-0.3, -0.25) is 4.79 Å². The molecular formula is C13H10Cl2F3N3O2. The summed E-state index contributed by atoms with van der Waals surface area (Å²) in [6.45, 7) is 1.74. The van der Waals surface area contributed by atoms with E-state index < -0.39 is 23.8 Å². The van der Waals surface area contributed by atoms with Gasteiger partial charge in [0.2, 0.25) is 0 Å². The highest BCUT2D eigenvalue weighted by molar-refractivity contribution is 6.38. The van der Waals surface area contributed by atoms with Crippen molar-refractivity contribution in [1.82, 2.24) is 0 Å². The van der Waals surface area contributed by atoms with E-state index in [4.69, 9.17) is 28.5 Å². The van der Waals surface area contributed by atoms with Crippen LogP contribution in [0.25, 0.3) is 0 Å². The van der Waals surface area contributed by atoms with Crippen LogP contribution in [0.15, 0.2) is 22.4 Å². The summed E-state index contributed by atoms with van der Waals surface area (Å²) in [7, 11) is 0. The second-order valence-corrected chi connectivity index (χ2v) is 4.97. The van der Waals surface area contributed by atoms with Gasteiger partial charge in [-0.1, -0.05) is 23.2 Å². The van der Waals surface area contributed by atoms with Gasteiger partial charge in [0.15, 0.2) is 6.04 Å². The Hall–Kier alpha value is -1.85. The lowest BCUT2D eigenvalue weighted by Crippen LogP contribution is -2.12. The second-order valence-electron chi connectivity index (χ2n) is 4.16. The Kier molecular flexibility index (Phi) is 6.79. The highest BCUT2D eigenvalue weighted by Crippen LogP contribution is 2.40. The number of hydrogen-bond donors (Lipinski definition) is 0. The fourth-order valence-corrected chi connectivity index (χ4v) is 2.00. The van der Waals surface area contributed by atoms with Crippen molar-refractivity contribution in [2.45, 2.75) is 25.6 Å². The molecule has 0 fully saturated rings. The molecule has 1 aromatic carbocycles. The molecule has 0 saturated heterocycles. The third kappa shape index (κ3) is 5.69. The molecule has 0 aliphatic rings. The number of azo groups is 1. The number of halogens is 5. The van der Waals surface area contributed by atoms with Crippen molar-refractivity contribution in [2.75, 3.05) is 6.61 Å². The molecular weight excluding hydrogens is 358 g/mol. The maximum atomic E-state index is 12.6. The van der Waals surface area contributed by atoms with E-state index in [1.807, 2.05) is 0 Å². The molecule has 0 heterocycles. The van der Waals surface area contributed by atoms with Crippen LogP contribution in [-0.2, 0) is 15.7 Å². The average molecular weight is 368 g/mol. The van der Waals surface area contributed by atoms with Crippen molar-refractivity contribution < 1.29 is 22.7 Å². The molecule has 5 nitrogen and oxygen atoms in total. The highest BCUT2D eigenvalue weighted by Gasteiger charge is 2.32. The molecule has 23 heavy (non-hydrogen) atoms. The summed E-state index contributed by atoms with van der Waals surface area (Å²) in [5, 5.41) is 15.3. The lowest BCUT2D eigenvalue weighted by atomic mass is 10.2. The maximum Gasteiger partial charge on any atom is 0.416 e. The van der Waals surface area contributed by atoms with Crippen LogP contribution in [0.5, 0.6) is 0 Å². The molecule has 10 heteroatoms. The third-order valence-electron chi connectivity index (χ3n) is 2.46. The largest absolute Gasteiger partial charge is 0.466 e. The van der Waals surface area contributed by atoms with Gasteiger partial charge in [0.1, 0.15) is 5.69 Å². The van der Waals surface area contributed by atoms with Gasteiger partial charge < -0.3 is 4.74 Å². The van der Waals surface area contributed by atoms with Gasteiger partial charge in [0, 0.05) is 0 Å². The minimum absolute atomic E-state index is 0.144. The molecule has 0 aliphatic heterocycles. The summed E-state index contributed by atoms with van der Waals surface area (Å²) in [6, 6.07) is 1.84. The zero-order valence-corrected chi connectivity index (χ0v) is 13.2. The minimum atomic E-state index is -4.61. The van der Waals surface area contributed by atoms with Crippen molar-refractivity contribution >= 4 is 34.9 Å². The number of hydrogen-bond acceptors (Lipinski definition) is 5. The summed E-state index contributed by atoms with van der Waals surface area (Å²) in [4.78, 5) is 11.3. The number of benzene rings is 1. The van der Waals surface area contributed by atoms with Crippen LogP contribution in [0.1, 0.15) is 18.9 Å². The van der Waals surface area contributed by atoms with Crippen molar-refractivity contribution in [3.8, 4) is 6.07 Å². The Balaban J connectivity index is 3.00. The fraction of sp³-hybridized carbons (Fsp3) is 0.385. The lowest BCUT2D eigenvalue weighted by Gasteiger charge is -2.09. The molecule has 0 bridgehead atoms. The number of nitriles is 1. The number of carbonyl (C=O) groups excluding carboxylic acids is 1. The Morgan fingerprint density at radius 1 is 1.39 bits per heavy atom. The van der Waals surface area contributed by atoms with Gasteiger partial charge in [-0.15, -0.1) is 0 Å². The quantitative estimate of drug-likeness (QED) is 0.546. The summed E-state index contributed by atoms with van der Waals surface area (Å²) < 4.78 is 42.5. The first-order valence-electron chi connectivity index (χ1n) is 6.21. The van der Waals surface area contributed by atoms with Gasteiger partial charge in [0.05, 0.1) is 34.7 Å². The Morgan fingerprint density at radius 3 is 2.39 bits per heavy atom. The molecule has 0 aromatic heterocycles.